The fraction of sp³-hybridized carbons (Fsp3) is 0.133. The summed E-state index contributed by atoms with van der Waals surface area (Å²) in [5, 5.41) is 0.571. The summed E-state index contributed by atoms with van der Waals surface area (Å²) in [6.07, 6.45) is -3.39. The van der Waals surface area contributed by atoms with E-state index in [1.165, 1.54) is 10.5 Å². The first-order valence-electron chi connectivity index (χ1n) is 6.44. The van der Waals surface area contributed by atoms with Crippen LogP contribution in [-0.2, 0) is 12.7 Å². The Balaban J connectivity index is 2.22. The number of rotatable bonds is 2. The molecule has 0 aliphatic heterocycles. The second-order valence-electron chi connectivity index (χ2n) is 4.76. The number of nitrogens with zero attached hydrogens (tertiary/aromatic N) is 2. The normalized spacial score (nSPS) is 12.0. The molecule has 3 aromatic rings. The number of alkyl halides is 3. The maximum absolute atomic E-state index is 12.8. The van der Waals surface area contributed by atoms with E-state index in [1.54, 1.807) is 24.3 Å². The molecular formula is C15H11ClF3N3. The predicted molar refractivity (Wildman–Crippen MR) is 78.5 cm³/mol. The predicted octanol–water partition coefficient (Wildman–Crippen LogP) is 4.13. The van der Waals surface area contributed by atoms with Crippen molar-refractivity contribution < 1.29 is 13.2 Å². The third-order valence-electron chi connectivity index (χ3n) is 3.36. The second-order valence-corrected chi connectivity index (χ2v) is 5.20. The first-order chi connectivity index (χ1) is 10.4. The highest BCUT2D eigenvalue weighted by atomic mass is 35.5. The Morgan fingerprint density at radius 3 is 2.36 bits per heavy atom. The van der Waals surface area contributed by atoms with E-state index in [0.717, 1.165) is 17.8 Å². The molecule has 0 aliphatic carbocycles. The standard InChI is InChI=1S/C15H11ClF3N3/c16-11-4-1-9(2-5-11)14-12(7-20)22-8-10(15(17,18)19)3-6-13(22)21-14/h1-6,8H,7,20H2. The van der Waals surface area contributed by atoms with E-state index in [-0.39, 0.29) is 6.54 Å². The zero-order valence-electron chi connectivity index (χ0n) is 11.2. The molecule has 0 aliphatic rings. The van der Waals surface area contributed by atoms with Crippen LogP contribution in [0.2, 0.25) is 5.02 Å². The van der Waals surface area contributed by atoms with Crippen LogP contribution in [0.5, 0.6) is 0 Å². The van der Waals surface area contributed by atoms with E-state index in [9.17, 15) is 13.2 Å². The monoisotopic (exact) mass is 325 g/mol. The molecule has 114 valence electrons. The van der Waals surface area contributed by atoms with Crippen LogP contribution in [0.1, 0.15) is 11.3 Å². The molecule has 0 saturated carbocycles. The van der Waals surface area contributed by atoms with E-state index in [2.05, 4.69) is 4.98 Å². The summed E-state index contributed by atoms with van der Waals surface area (Å²) in [4.78, 5) is 4.38. The Labute approximate surface area is 129 Å². The Bertz CT molecular complexity index is 822. The van der Waals surface area contributed by atoms with E-state index in [4.69, 9.17) is 17.3 Å². The van der Waals surface area contributed by atoms with Gasteiger partial charge in [-0.15, -0.1) is 0 Å². The molecule has 0 bridgehead atoms. The largest absolute Gasteiger partial charge is 0.417 e. The van der Waals surface area contributed by atoms with Crippen LogP contribution in [0, 0.1) is 0 Å². The molecule has 3 rings (SSSR count). The summed E-state index contributed by atoms with van der Waals surface area (Å²) in [5.74, 6) is 0. The summed E-state index contributed by atoms with van der Waals surface area (Å²) in [7, 11) is 0. The van der Waals surface area contributed by atoms with Gasteiger partial charge in [0, 0.05) is 23.3 Å². The zero-order chi connectivity index (χ0) is 15.9. The molecule has 1 aromatic carbocycles. The third-order valence-corrected chi connectivity index (χ3v) is 3.61. The van der Waals surface area contributed by atoms with Gasteiger partial charge in [0.25, 0.3) is 0 Å². The maximum atomic E-state index is 12.8. The van der Waals surface area contributed by atoms with Gasteiger partial charge in [-0.25, -0.2) is 4.98 Å². The number of halogens is 4. The first-order valence-corrected chi connectivity index (χ1v) is 6.82. The third kappa shape index (κ3) is 2.55. The number of nitrogens with two attached hydrogens (primary N) is 1. The van der Waals surface area contributed by atoms with E-state index < -0.39 is 11.7 Å². The van der Waals surface area contributed by atoms with Gasteiger partial charge in [-0.2, -0.15) is 13.2 Å². The van der Waals surface area contributed by atoms with Crippen molar-refractivity contribution in [2.45, 2.75) is 12.7 Å². The molecule has 0 atom stereocenters. The van der Waals surface area contributed by atoms with Crippen molar-refractivity contribution >= 4 is 17.2 Å². The molecule has 2 heterocycles. The number of aromatic nitrogens is 2. The molecule has 2 aromatic heterocycles. The average molecular weight is 326 g/mol. The first kappa shape index (κ1) is 14.9. The lowest BCUT2D eigenvalue weighted by atomic mass is 10.1. The minimum absolute atomic E-state index is 0.0699. The van der Waals surface area contributed by atoms with Gasteiger partial charge in [-0.1, -0.05) is 23.7 Å². The van der Waals surface area contributed by atoms with Crippen molar-refractivity contribution in [2.24, 2.45) is 5.73 Å². The number of benzene rings is 1. The highest BCUT2D eigenvalue weighted by molar-refractivity contribution is 6.30. The van der Waals surface area contributed by atoms with E-state index in [1.807, 2.05) is 0 Å². The lowest BCUT2D eigenvalue weighted by Crippen LogP contribution is -2.08. The second kappa shape index (κ2) is 5.30. The van der Waals surface area contributed by atoms with Crippen molar-refractivity contribution in [3.05, 3.63) is 58.9 Å². The molecule has 2 N–H and O–H groups in total. The van der Waals surface area contributed by atoms with Crippen LogP contribution in [0.3, 0.4) is 0 Å². The minimum atomic E-state index is -4.41. The zero-order valence-corrected chi connectivity index (χ0v) is 12.0. The lowest BCUT2D eigenvalue weighted by Gasteiger charge is -2.08. The molecule has 0 amide bonds. The fourth-order valence-electron chi connectivity index (χ4n) is 2.29. The number of pyridine rings is 1. The van der Waals surface area contributed by atoms with Gasteiger partial charge in [-0.05, 0) is 24.3 Å². The van der Waals surface area contributed by atoms with Crippen LogP contribution in [0.15, 0.2) is 42.6 Å². The number of fused-ring (bicyclic) bond motifs is 1. The van der Waals surface area contributed by atoms with Crippen molar-refractivity contribution in [3.8, 4) is 11.3 Å². The Morgan fingerprint density at radius 2 is 1.77 bits per heavy atom. The molecular weight excluding hydrogens is 315 g/mol. The summed E-state index contributed by atoms with van der Waals surface area (Å²) in [5.41, 5.74) is 7.22. The number of hydrogen-bond donors (Lipinski definition) is 1. The lowest BCUT2D eigenvalue weighted by molar-refractivity contribution is -0.137. The van der Waals surface area contributed by atoms with Crippen molar-refractivity contribution in [2.75, 3.05) is 0 Å². The quantitative estimate of drug-likeness (QED) is 0.769. The molecule has 7 heteroatoms. The average Bonchev–Trinajstić information content (AvgIpc) is 2.84. The number of imidazole rings is 1. The van der Waals surface area contributed by atoms with Gasteiger partial charge in [0.2, 0.25) is 0 Å². The topological polar surface area (TPSA) is 43.3 Å². The maximum Gasteiger partial charge on any atom is 0.417 e. The van der Waals surface area contributed by atoms with Crippen molar-refractivity contribution in [1.29, 1.82) is 0 Å². The highest BCUT2D eigenvalue weighted by Gasteiger charge is 2.31. The van der Waals surface area contributed by atoms with Crippen molar-refractivity contribution in [3.63, 3.8) is 0 Å². The molecule has 3 nitrogen and oxygen atoms in total. The Kier molecular flexibility index (Phi) is 3.58. The van der Waals surface area contributed by atoms with Gasteiger partial charge in [0.15, 0.2) is 0 Å². The SMILES string of the molecule is NCc1c(-c2ccc(Cl)cc2)nc2ccc(C(F)(F)F)cn12. The highest BCUT2D eigenvalue weighted by Crippen LogP contribution is 2.31. The van der Waals surface area contributed by atoms with Crippen molar-refractivity contribution in [1.82, 2.24) is 9.38 Å². The summed E-state index contributed by atoms with van der Waals surface area (Å²) in [6, 6.07) is 9.25. The van der Waals surface area contributed by atoms with E-state index in [0.29, 0.717) is 22.1 Å². The van der Waals surface area contributed by atoms with Gasteiger partial charge in [-0.3, -0.25) is 0 Å². The van der Waals surface area contributed by atoms with E-state index >= 15 is 0 Å². The van der Waals surface area contributed by atoms with Crippen LogP contribution in [0.4, 0.5) is 13.2 Å². The van der Waals surface area contributed by atoms with Crippen LogP contribution < -0.4 is 5.73 Å². The van der Waals surface area contributed by atoms with Gasteiger partial charge >= 0.3 is 6.18 Å². The van der Waals surface area contributed by atoms with Crippen LogP contribution in [0.25, 0.3) is 16.9 Å². The summed E-state index contributed by atoms with van der Waals surface area (Å²) >= 11 is 5.85. The van der Waals surface area contributed by atoms with Gasteiger partial charge in [0.1, 0.15) is 5.65 Å². The van der Waals surface area contributed by atoms with Crippen LogP contribution in [-0.4, -0.2) is 9.38 Å². The molecule has 0 spiro atoms. The van der Waals surface area contributed by atoms with Gasteiger partial charge < -0.3 is 10.1 Å². The molecule has 0 unspecified atom stereocenters. The molecule has 22 heavy (non-hydrogen) atoms. The summed E-state index contributed by atoms with van der Waals surface area (Å²) in [6.45, 7) is 0.0699. The minimum Gasteiger partial charge on any atom is -0.325 e. The number of hydrogen-bond acceptors (Lipinski definition) is 2. The fourth-order valence-corrected chi connectivity index (χ4v) is 2.42. The molecule has 0 fully saturated rings. The molecule has 0 radical (unpaired) electrons. The summed E-state index contributed by atoms with van der Waals surface area (Å²) < 4.78 is 39.9. The smallest absolute Gasteiger partial charge is 0.325 e. The van der Waals surface area contributed by atoms with Gasteiger partial charge in [0.05, 0.1) is 17.0 Å². The molecule has 0 saturated heterocycles. The Hall–Kier alpha value is -2.05. The van der Waals surface area contributed by atoms with Crippen LogP contribution >= 0.6 is 11.6 Å². The Morgan fingerprint density at radius 1 is 1.09 bits per heavy atom.